The fraction of sp³-hybridized carbons (Fsp3) is 0.500. The number of hydrogen-bond acceptors (Lipinski definition) is 3. The molecule has 0 aromatic heterocycles. The van der Waals surface area contributed by atoms with Gasteiger partial charge in [-0.1, -0.05) is 94.8 Å². The van der Waals surface area contributed by atoms with Gasteiger partial charge in [-0.05, 0) is 48.2 Å². The number of hydrogen-bond donors (Lipinski definition) is 0. The van der Waals surface area contributed by atoms with Crippen LogP contribution in [-0.2, 0) is 4.79 Å². The second-order valence-corrected chi connectivity index (χ2v) is 8.73. The van der Waals surface area contributed by atoms with Crippen molar-refractivity contribution < 1.29 is 9.53 Å². The third-order valence-corrected chi connectivity index (χ3v) is 5.96. The van der Waals surface area contributed by atoms with Crippen molar-refractivity contribution in [3.63, 3.8) is 0 Å². The largest absolute Gasteiger partial charge is 0.494 e. The van der Waals surface area contributed by atoms with Crippen LogP contribution in [0.4, 0.5) is 0 Å². The molecule has 2 aromatic carbocycles. The molecule has 0 saturated heterocycles. The van der Waals surface area contributed by atoms with Crippen LogP contribution >= 0.6 is 11.8 Å². The van der Waals surface area contributed by atoms with E-state index in [-0.39, 0.29) is 5.12 Å². The van der Waals surface area contributed by atoms with E-state index in [2.05, 4.69) is 38.1 Å². The predicted molar refractivity (Wildman–Crippen MR) is 126 cm³/mol. The highest BCUT2D eigenvalue weighted by Gasteiger charge is 2.06. The minimum absolute atomic E-state index is 0.273. The van der Waals surface area contributed by atoms with Crippen LogP contribution in [0.25, 0.3) is 11.1 Å². The van der Waals surface area contributed by atoms with Crippen molar-refractivity contribution in [1.29, 1.82) is 0 Å². The van der Waals surface area contributed by atoms with Gasteiger partial charge in [-0.2, -0.15) is 0 Å². The molecule has 0 fully saturated rings. The van der Waals surface area contributed by atoms with Gasteiger partial charge in [0.05, 0.1) is 6.61 Å². The molecule has 3 heteroatoms. The Morgan fingerprint density at radius 1 is 0.724 bits per heavy atom. The van der Waals surface area contributed by atoms with Crippen LogP contribution in [0.15, 0.2) is 53.4 Å². The Morgan fingerprint density at radius 2 is 1.28 bits per heavy atom. The molecule has 0 radical (unpaired) electrons. The smallest absolute Gasteiger partial charge is 0.193 e. The summed E-state index contributed by atoms with van der Waals surface area (Å²) < 4.78 is 5.82. The molecule has 0 aliphatic heterocycles. The van der Waals surface area contributed by atoms with Crippen LogP contribution in [-0.4, -0.2) is 11.7 Å². The molecule has 29 heavy (non-hydrogen) atoms. The van der Waals surface area contributed by atoms with Crippen LogP contribution in [0.5, 0.6) is 5.75 Å². The Balaban J connectivity index is 1.76. The topological polar surface area (TPSA) is 26.3 Å². The first-order valence-corrected chi connectivity index (χ1v) is 12.1. The molecule has 0 unspecified atom stereocenters. The Hall–Kier alpha value is -1.74. The molecule has 0 amide bonds. The number of carbonyl (C=O) groups is 1. The third kappa shape index (κ3) is 9.54. The first kappa shape index (κ1) is 23.5. The molecule has 2 nitrogen and oxygen atoms in total. The molecule has 0 N–H and O–H groups in total. The molecular weight excluding hydrogens is 376 g/mol. The van der Waals surface area contributed by atoms with Crippen molar-refractivity contribution in [2.24, 2.45) is 0 Å². The SMILES string of the molecule is CCCCCCCC(=O)Sc1ccc(-c2ccc(OCCCCCC)cc2)cc1. The number of unbranched alkanes of at least 4 members (excludes halogenated alkanes) is 7. The summed E-state index contributed by atoms with van der Waals surface area (Å²) in [6.45, 7) is 5.22. The monoisotopic (exact) mass is 412 g/mol. The number of rotatable bonds is 14. The summed E-state index contributed by atoms with van der Waals surface area (Å²) in [7, 11) is 0. The molecule has 2 rings (SSSR count). The summed E-state index contributed by atoms with van der Waals surface area (Å²) in [6, 6.07) is 16.6. The van der Waals surface area contributed by atoms with Gasteiger partial charge in [0.25, 0.3) is 0 Å². The van der Waals surface area contributed by atoms with Gasteiger partial charge in [0, 0.05) is 11.3 Å². The zero-order valence-electron chi connectivity index (χ0n) is 18.1. The van der Waals surface area contributed by atoms with Crippen molar-refractivity contribution in [2.45, 2.75) is 83.0 Å². The first-order chi connectivity index (χ1) is 14.2. The van der Waals surface area contributed by atoms with Crippen LogP contribution in [0.1, 0.15) is 78.1 Å². The van der Waals surface area contributed by atoms with E-state index in [0.717, 1.165) is 42.1 Å². The zero-order valence-corrected chi connectivity index (χ0v) is 18.9. The number of ether oxygens (including phenoxy) is 1. The minimum atomic E-state index is 0.273. The molecule has 0 aliphatic carbocycles. The molecule has 158 valence electrons. The van der Waals surface area contributed by atoms with E-state index in [1.54, 1.807) is 0 Å². The lowest BCUT2D eigenvalue weighted by Crippen LogP contribution is -1.96. The van der Waals surface area contributed by atoms with Gasteiger partial charge < -0.3 is 4.74 Å². The van der Waals surface area contributed by atoms with Crippen molar-refractivity contribution in [3.8, 4) is 16.9 Å². The highest BCUT2D eigenvalue weighted by molar-refractivity contribution is 8.13. The molecule has 0 aliphatic rings. The molecule has 0 spiro atoms. The summed E-state index contributed by atoms with van der Waals surface area (Å²) in [4.78, 5) is 13.2. The van der Waals surface area contributed by atoms with E-state index in [1.165, 1.54) is 55.9 Å². The lowest BCUT2D eigenvalue weighted by atomic mass is 10.1. The van der Waals surface area contributed by atoms with Crippen molar-refractivity contribution >= 4 is 16.9 Å². The fourth-order valence-corrected chi connectivity index (χ4v) is 4.01. The highest BCUT2D eigenvalue weighted by atomic mass is 32.2. The predicted octanol–water partition coefficient (Wildman–Crippen LogP) is 8.29. The normalized spacial score (nSPS) is 10.8. The van der Waals surface area contributed by atoms with E-state index >= 15 is 0 Å². The maximum atomic E-state index is 12.1. The number of thioether (sulfide) groups is 1. The van der Waals surface area contributed by atoms with E-state index in [1.807, 2.05) is 24.3 Å². The third-order valence-electron chi connectivity index (χ3n) is 5.02. The zero-order chi connectivity index (χ0) is 20.7. The van der Waals surface area contributed by atoms with Crippen molar-refractivity contribution in [1.82, 2.24) is 0 Å². The molecule has 2 aromatic rings. The standard InChI is InChI=1S/C26H36O2S/c1-3-5-7-9-10-12-26(27)29-25-19-15-23(16-20-25)22-13-17-24(18-14-22)28-21-11-8-6-4-2/h13-20H,3-12,21H2,1-2H3. The molecule has 0 saturated carbocycles. The summed E-state index contributed by atoms with van der Waals surface area (Å²) in [5, 5.41) is 0.273. The Morgan fingerprint density at radius 3 is 1.90 bits per heavy atom. The van der Waals surface area contributed by atoms with Crippen LogP contribution in [0, 0.1) is 0 Å². The van der Waals surface area contributed by atoms with Gasteiger partial charge in [0.2, 0.25) is 0 Å². The van der Waals surface area contributed by atoms with E-state index in [4.69, 9.17) is 4.74 Å². The number of carbonyl (C=O) groups excluding carboxylic acids is 1. The Kier molecular flexibility index (Phi) is 11.6. The average Bonchev–Trinajstić information content (AvgIpc) is 2.74. The van der Waals surface area contributed by atoms with E-state index in [9.17, 15) is 4.79 Å². The second-order valence-electron chi connectivity index (χ2n) is 7.60. The fourth-order valence-electron chi connectivity index (χ4n) is 3.23. The van der Waals surface area contributed by atoms with Crippen LogP contribution < -0.4 is 4.74 Å². The Bertz CT molecular complexity index is 692. The average molecular weight is 413 g/mol. The van der Waals surface area contributed by atoms with Gasteiger partial charge in [0.1, 0.15) is 5.75 Å². The van der Waals surface area contributed by atoms with Gasteiger partial charge in [-0.3, -0.25) is 4.79 Å². The lowest BCUT2D eigenvalue weighted by molar-refractivity contribution is -0.111. The lowest BCUT2D eigenvalue weighted by Gasteiger charge is -2.08. The van der Waals surface area contributed by atoms with Gasteiger partial charge >= 0.3 is 0 Å². The summed E-state index contributed by atoms with van der Waals surface area (Å²) in [5.74, 6) is 0.932. The van der Waals surface area contributed by atoms with Gasteiger partial charge in [-0.15, -0.1) is 0 Å². The van der Waals surface area contributed by atoms with Crippen LogP contribution in [0.2, 0.25) is 0 Å². The summed E-state index contributed by atoms with van der Waals surface area (Å²) >= 11 is 1.37. The first-order valence-electron chi connectivity index (χ1n) is 11.3. The maximum Gasteiger partial charge on any atom is 0.193 e. The number of benzene rings is 2. The highest BCUT2D eigenvalue weighted by Crippen LogP contribution is 2.27. The van der Waals surface area contributed by atoms with Gasteiger partial charge in [0.15, 0.2) is 5.12 Å². The van der Waals surface area contributed by atoms with Crippen molar-refractivity contribution in [2.75, 3.05) is 6.61 Å². The van der Waals surface area contributed by atoms with Gasteiger partial charge in [-0.25, -0.2) is 0 Å². The molecular formula is C26H36O2S. The molecule has 0 bridgehead atoms. The molecule has 0 heterocycles. The van der Waals surface area contributed by atoms with Crippen molar-refractivity contribution in [3.05, 3.63) is 48.5 Å². The van der Waals surface area contributed by atoms with E-state index in [0.29, 0.717) is 6.42 Å². The van der Waals surface area contributed by atoms with E-state index < -0.39 is 0 Å². The van der Waals surface area contributed by atoms with Crippen LogP contribution in [0.3, 0.4) is 0 Å². The minimum Gasteiger partial charge on any atom is -0.494 e. The summed E-state index contributed by atoms with van der Waals surface area (Å²) in [6.07, 6.45) is 11.5. The maximum absolute atomic E-state index is 12.1. The second kappa shape index (κ2) is 14.3. The summed E-state index contributed by atoms with van der Waals surface area (Å²) in [5.41, 5.74) is 2.33. The quantitative estimate of drug-likeness (QED) is 0.230. The molecule has 0 atom stereocenters. The Labute approximate surface area is 181 Å².